The third kappa shape index (κ3) is 8.77. The third-order valence-corrected chi connectivity index (χ3v) is 2.21. The van der Waals surface area contributed by atoms with E-state index in [9.17, 15) is 19.2 Å². The topological polar surface area (TPSA) is 120 Å². The monoisotopic (exact) mass is 318 g/mol. The Morgan fingerprint density at radius 3 is 2.09 bits per heavy atom. The molecule has 0 aliphatic carbocycles. The fourth-order valence-corrected chi connectivity index (χ4v) is 1.30. The Morgan fingerprint density at radius 2 is 1.64 bits per heavy atom. The van der Waals surface area contributed by atoms with E-state index in [1.165, 1.54) is 0 Å². The second-order valence-electron chi connectivity index (χ2n) is 5.28. The van der Waals surface area contributed by atoms with Gasteiger partial charge in [0.1, 0.15) is 18.2 Å². The van der Waals surface area contributed by atoms with Crippen LogP contribution in [0.3, 0.4) is 0 Å². The van der Waals surface area contributed by atoms with Crippen LogP contribution >= 0.6 is 0 Å². The maximum atomic E-state index is 11.7. The first-order valence-electron chi connectivity index (χ1n) is 6.50. The van der Waals surface area contributed by atoms with E-state index in [1.54, 1.807) is 20.8 Å². The summed E-state index contributed by atoms with van der Waals surface area (Å²) in [6.45, 7) is 4.62. The van der Waals surface area contributed by atoms with Crippen molar-refractivity contribution in [3.63, 3.8) is 0 Å². The second-order valence-corrected chi connectivity index (χ2v) is 5.28. The number of methoxy groups -OCH3 is 2. The number of hydrogen-bond acceptors (Lipinski definition) is 7. The zero-order valence-electron chi connectivity index (χ0n) is 13.3. The number of carbonyl (C=O) groups is 4. The first-order valence-corrected chi connectivity index (χ1v) is 6.50. The number of nitrogens with one attached hydrogen (secondary N) is 2. The normalized spacial score (nSPS) is 11.9. The lowest BCUT2D eigenvalue weighted by molar-refractivity contribution is -0.150. The Hall–Kier alpha value is -2.32. The summed E-state index contributed by atoms with van der Waals surface area (Å²) in [5.41, 5.74) is -0.694. The molecule has 0 aromatic rings. The van der Waals surface area contributed by atoms with E-state index >= 15 is 0 Å². The van der Waals surface area contributed by atoms with Gasteiger partial charge in [-0.3, -0.25) is 9.59 Å². The summed E-state index contributed by atoms with van der Waals surface area (Å²) >= 11 is 0. The molecule has 9 nitrogen and oxygen atoms in total. The van der Waals surface area contributed by atoms with Crippen molar-refractivity contribution in [1.82, 2.24) is 10.6 Å². The zero-order chi connectivity index (χ0) is 17.3. The van der Waals surface area contributed by atoms with Gasteiger partial charge >= 0.3 is 18.0 Å². The molecule has 0 bridgehead atoms. The summed E-state index contributed by atoms with van der Waals surface area (Å²) in [6.07, 6.45) is -1.15. The number of carbonyl (C=O) groups excluding carboxylic acids is 4. The van der Waals surface area contributed by atoms with Crippen molar-refractivity contribution >= 4 is 23.9 Å². The van der Waals surface area contributed by atoms with E-state index in [0.29, 0.717) is 0 Å². The molecule has 0 saturated heterocycles. The molecule has 0 unspecified atom stereocenters. The molecular formula is C13H22N2O7. The van der Waals surface area contributed by atoms with Crippen LogP contribution < -0.4 is 10.6 Å². The Kier molecular flexibility index (Phi) is 7.92. The van der Waals surface area contributed by atoms with Crippen LogP contribution in [0.4, 0.5) is 4.79 Å². The fourth-order valence-electron chi connectivity index (χ4n) is 1.30. The lowest BCUT2D eigenvalue weighted by Gasteiger charge is -2.20. The average Bonchev–Trinajstić information content (AvgIpc) is 2.41. The summed E-state index contributed by atoms with van der Waals surface area (Å²) in [5, 5.41) is 4.49. The zero-order valence-corrected chi connectivity index (χ0v) is 13.3. The number of rotatable bonds is 6. The van der Waals surface area contributed by atoms with Crippen LogP contribution in [0.25, 0.3) is 0 Å². The van der Waals surface area contributed by atoms with Crippen LogP contribution in [-0.4, -0.2) is 56.3 Å². The van der Waals surface area contributed by atoms with Crippen molar-refractivity contribution < 1.29 is 33.4 Å². The number of amides is 2. The van der Waals surface area contributed by atoms with Crippen molar-refractivity contribution in [2.24, 2.45) is 0 Å². The Morgan fingerprint density at radius 1 is 1.05 bits per heavy atom. The van der Waals surface area contributed by atoms with E-state index in [-0.39, 0.29) is 6.42 Å². The minimum Gasteiger partial charge on any atom is -0.469 e. The maximum absolute atomic E-state index is 11.7. The van der Waals surface area contributed by atoms with Gasteiger partial charge in [0.05, 0.1) is 20.6 Å². The molecule has 0 aliphatic heterocycles. The van der Waals surface area contributed by atoms with Crippen LogP contribution in [0.2, 0.25) is 0 Å². The first kappa shape index (κ1) is 19.7. The molecule has 1 atom stereocenters. The lowest BCUT2D eigenvalue weighted by atomic mass is 10.2. The van der Waals surface area contributed by atoms with E-state index in [1.807, 2.05) is 0 Å². The minimum absolute atomic E-state index is 0.374. The Bertz CT molecular complexity index is 429. The van der Waals surface area contributed by atoms with Gasteiger partial charge in [-0.05, 0) is 20.8 Å². The van der Waals surface area contributed by atoms with Crippen molar-refractivity contribution in [1.29, 1.82) is 0 Å². The molecule has 126 valence electrons. The molecule has 0 radical (unpaired) electrons. The highest BCUT2D eigenvalue weighted by Gasteiger charge is 2.25. The van der Waals surface area contributed by atoms with E-state index in [4.69, 9.17) is 4.74 Å². The van der Waals surface area contributed by atoms with Gasteiger partial charge in [0.15, 0.2) is 0 Å². The highest BCUT2D eigenvalue weighted by molar-refractivity contribution is 5.89. The van der Waals surface area contributed by atoms with Crippen molar-refractivity contribution in [2.75, 3.05) is 20.8 Å². The molecule has 2 amide bonds. The Balaban J connectivity index is 4.42. The van der Waals surface area contributed by atoms with Crippen molar-refractivity contribution in [3.8, 4) is 0 Å². The molecule has 2 N–H and O–H groups in total. The SMILES string of the molecule is COC(=O)C[C@H](NC(=O)CNC(=O)OC(C)(C)C)C(=O)OC. The van der Waals surface area contributed by atoms with E-state index in [0.717, 1.165) is 14.2 Å². The highest BCUT2D eigenvalue weighted by Crippen LogP contribution is 2.06. The van der Waals surface area contributed by atoms with Gasteiger partial charge in [0.25, 0.3) is 0 Å². The summed E-state index contributed by atoms with van der Waals surface area (Å²) < 4.78 is 13.8. The first-order chi connectivity index (χ1) is 10.1. The molecule has 22 heavy (non-hydrogen) atoms. The number of esters is 2. The molecule has 0 aliphatic rings. The van der Waals surface area contributed by atoms with E-state index < -0.39 is 42.1 Å². The molecule has 0 aromatic heterocycles. The predicted molar refractivity (Wildman–Crippen MR) is 74.8 cm³/mol. The fraction of sp³-hybridized carbons (Fsp3) is 0.692. The van der Waals surface area contributed by atoms with Crippen molar-refractivity contribution in [2.45, 2.75) is 38.8 Å². The van der Waals surface area contributed by atoms with Crippen LogP contribution in [0, 0.1) is 0 Å². The van der Waals surface area contributed by atoms with Gasteiger partial charge in [0, 0.05) is 0 Å². The molecule has 0 aromatic carbocycles. The van der Waals surface area contributed by atoms with Crippen LogP contribution in [0.5, 0.6) is 0 Å². The van der Waals surface area contributed by atoms with Gasteiger partial charge in [-0.2, -0.15) is 0 Å². The third-order valence-electron chi connectivity index (χ3n) is 2.21. The molecule has 0 rings (SSSR count). The molecule has 0 heterocycles. The van der Waals surface area contributed by atoms with Gasteiger partial charge in [-0.1, -0.05) is 0 Å². The smallest absolute Gasteiger partial charge is 0.408 e. The van der Waals surface area contributed by atoms with E-state index in [2.05, 4.69) is 20.1 Å². The quantitative estimate of drug-likeness (QED) is 0.511. The van der Waals surface area contributed by atoms with Crippen molar-refractivity contribution in [3.05, 3.63) is 0 Å². The summed E-state index contributed by atoms with van der Waals surface area (Å²) in [5.74, 6) is -2.16. The molecule has 0 spiro atoms. The summed E-state index contributed by atoms with van der Waals surface area (Å²) in [4.78, 5) is 45.7. The molecular weight excluding hydrogens is 296 g/mol. The number of ether oxygens (including phenoxy) is 3. The second kappa shape index (κ2) is 8.85. The van der Waals surface area contributed by atoms with Gasteiger partial charge in [0.2, 0.25) is 5.91 Å². The highest BCUT2D eigenvalue weighted by atomic mass is 16.6. The minimum atomic E-state index is -1.19. The largest absolute Gasteiger partial charge is 0.469 e. The number of alkyl carbamates (subject to hydrolysis) is 1. The average molecular weight is 318 g/mol. The number of hydrogen-bond donors (Lipinski definition) is 2. The lowest BCUT2D eigenvalue weighted by Crippen LogP contribution is -2.47. The molecule has 0 saturated carbocycles. The molecule has 0 fully saturated rings. The Labute approximate surface area is 128 Å². The van der Waals surface area contributed by atoms with Gasteiger partial charge in [-0.25, -0.2) is 9.59 Å². The van der Waals surface area contributed by atoms with Gasteiger partial charge in [-0.15, -0.1) is 0 Å². The predicted octanol–water partition coefficient (Wildman–Crippen LogP) is -0.268. The van der Waals surface area contributed by atoms with Crippen LogP contribution in [0.15, 0.2) is 0 Å². The maximum Gasteiger partial charge on any atom is 0.408 e. The van der Waals surface area contributed by atoms with Crippen LogP contribution in [0.1, 0.15) is 27.2 Å². The summed E-state index contributed by atoms with van der Waals surface area (Å²) in [6, 6.07) is -1.19. The molecule has 9 heteroatoms. The standard InChI is InChI=1S/C13H22N2O7/c1-13(2,3)22-12(19)14-7-9(16)15-8(11(18)21-5)6-10(17)20-4/h8H,6-7H2,1-5H3,(H,14,19)(H,15,16)/t8-/m0/s1. The van der Waals surface area contributed by atoms with Crippen LogP contribution in [-0.2, 0) is 28.6 Å². The summed E-state index contributed by atoms with van der Waals surface area (Å²) in [7, 11) is 2.28. The van der Waals surface area contributed by atoms with Gasteiger partial charge < -0.3 is 24.8 Å².